The number of carboxylic acids is 2. The number of aliphatic carboxylic acids is 2. The maximum absolute atomic E-state index is 10.9. The molecule has 0 spiro atoms. The van der Waals surface area contributed by atoms with E-state index in [4.69, 9.17) is 14.9 Å². The van der Waals surface area contributed by atoms with Gasteiger partial charge in [0.05, 0.1) is 18.3 Å². The highest BCUT2D eigenvalue weighted by Crippen LogP contribution is 2.46. The SMILES string of the molecule is O=C(O)C1=CC2CC1(C(=O)O)CO2. The molecule has 1 heterocycles. The van der Waals surface area contributed by atoms with Crippen LogP contribution < -0.4 is 0 Å². The van der Waals surface area contributed by atoms with Crippen molar-refractivity contribution in [2.24, 2.45) is 5.41 Å². The highest BCUT2D eigenvalue weighted by molar-refractivity contribution is 5.98. The number of hydrogen-bond donors (Lipinski definition) is 2. The smallest absolute Gasteiger partial charge is 0.332 e. The Morgan fingerprint density at radius 2 is 2.23 bits per heavy atom. The highest BCUT2D eigenvalue weighted by Gasteiger charge is 2.56. The van der Waals surface area contributed by atoms with Gasteiger partial charge in [0.25, 0.3) is 0 Å². The molecule has 2 aliphatic rings. The minimum Gasteiger partial charge on any atom is -0.481 e. The molecule has 1 aliphatic carbocycles. The molecule has 2 rings (SSSR count). The lowest BCUT2D eigenvalue weighted by molar-refractivity contribution is -0.150. The van der Waals surface area contributed by atoms with Gasteiger partial charge in [-0.1, -0.05) is 0 Å². The first kappa shape index (κ1) is 8.25. The van der Waals surface area contributed by atoms with Crippen LogP contribution in [0.4, 0.5) is 0 Å². The Bertz CT molecular complexity index is 318. The maximum Gasteiger partial charge on any atom is 0.332 e. The third-order valence-corrected chi connectivity index (χ3v) is 2.60. The van der Waals surface area contributed by atoms with Crippen LogP contribution >= 0.6 is 0 Å². The van der Waals surface area contributed by atoms with Crippen molar-refractivity contribution in [2.75, 3.05) is 6.61 Å². The average molecular weight is 184 g/mol. The van der Waals surface area contributed by atoms with Gasteiger partial charge in [0.2, 0.25) is 0 Å². The summed E-state index contributed by atoms with van der Waals surface area (Å²) in [6.07, 6.45) is 1.31. The molecule has 70 valence electrons. The summed E-state index contributed by atoms with van der Waals surface area (Å²) in [5.41, 5.74) is -1.33. The van der Waals surface area contributed by atoms with Gasteiger partial charge in [-0.15, -0.1) is 0 Å². The third-order valence-electron chi connectivity index (χ3n) is 2.60. The number of ether oxygens (including phenoxy) is 1. The van der Waals surface area contributed by atoms with E-state index in [1.165, 1.54) is 6.08 Å². The lowest BCUT2D eigenvalue weighted by Crippen LogP contribution is -2.35. The second-order valence-electron chi connectivity index (χ2n) is 3.33. The monoisotopic (exact) mass is 184 g/mol. The molecule has 0 aromatic carbocycles. The van der Waals surface area contributed by atoms with Gasteiger partial charge in [0.15, 0.2) is 0 Å². The summed E-state index contributed by atoms with van der Waals surface area (Å²) >= 11 is 0. The number of carbonyl (C=O) groups is 2. The van der Waals surface area contributed by atoms with Gasteiger partial charge >= 0.3 is 11.9 Å². The quantitative estimate of drug-likeness (QED) is 0.624. The molecule has 0 saturated carbocycles. The predicted molar refractivity (Wildman–Crippen MR) is 40.1 cm³/mol. The van der Waals surface area contributed by atoms with Crippen LogP contribution in [0.15, 0.2) is 11.6 Å². The molecule has 0 aromatic heterocycles. The molecule has 0 radical (unpaired) electrons. The van der Waals surface area contributed by atoms with E-state index in [2.05, 4.69) is 0 Å². The predicted octanol–water partition coefficient (Wildman–Crippen LogP) is -0.129. The van der Waals surface area contributed by atoms with Crippen LogP contribution in [0.2, 0.25) is 0 Å². The van der Waals surface area contributed by atoms with Gasteiger partial charge in [0.1, 0.15) is 5.41 Å². The molecular formula is C8H8O5. The zero-order chi connectivity index (χ0) is 9.64. The second kappa shape index (κ2) is 2.32. The fourth-order valence-electron chi connectivity index (χ4n) is 1.89. The van der Waals surface area contributed by atoms with Crippen molar-refractivity contribution in [1.29, 1.82) is 0 Å². The molecule has 2 unspecified atom stereocenters. The van der Waals surface area contributed by atoms with E-state index in [0.29, 0.717) is 0 Å². The van der Waals surface area contributed by atoms with Gasteiger partial charge < -0.3 is 14.9 Å². The number of carboxylic acid groups (broad SMARTS) is 2. The Labute approximate surface area is 73.6 Å². The van der Waals surface area contributed by atoms with Gasteiger partial charge in [-0.05, 0) is 12.5 Å². The van der Waals surface area contributed by atoms with Crippen molar-refractivity contribution in [1.82, 2.24) is 0 Å². The molecule has 2 atom stereocenters. The van der Waals surface area contributed by atoms with Crippen molar-refractivity contribution >= 4 is 11.9 Å². The molecule has 2 N–H and O–H groups in total. The topological polar surface area (TPSA) is 83.8 Å². The Balaban J connectivity index is 2.44. The van der Waals surface area contributed by atoms with E-state index in [1.54, 1.807) is 0 Å². The summed E-state index contributed by atoms with van der Waals surface area (Å²) in [6, 6.07) is 0. The van der Waals surface area contributed by atoms with E-state index in [-0.39, 0.29) is 24.7 Å². The molecule has 0 amide bonds. The summed E-state index contributed by atoms with van der Waals surface area (Å²) in [5, 5.41) is 17.7. The molecule has 13 heavy (non-hydrogen) atoms. The largest absolute Gasteiger partial charge is 0.481 e. The zero-order valence-electron chi connectivity index (χ0n) is 6.69. The molecule has 1 fully saturated rings. The summed E-state index contributed by atoms with van der Waals surface area (Å²) in [4.78, 5) is 21.6. The van der Waals surface area contributed by atoms with Crippen molar-refractivity contribution < 1.29 is 24.5 Å². The van der Waals surface area contributed by atoms with Crippen LogP contribution in [0.5, 0.6) is 0 Å². The second-order valence-corrected chi connectivity index (χ2v) is 3.33. The van der Waals surface area contributed by atoms with Crippen LogP contribution in [0.3, 0.4) is 0 Å². The highest BCUT2D eigenvalue weighted by atomic mass is 16.5. The van der Waals surface area contributed by atoms with Crippen molar-refractivity contribution in [2.45, 2.75) is 12.5 Å². The zero-order valence-corrected chi connectivity index (χ0v) is 6.69. The Hall–Kier alpha value is -1.36. The van der Waals surface area contributed by atoms with Crippen LogP contribution in [0.1, 0.15) is 6.42 Å². The summed E-state index contributed by atoms with van der Waals surface area (Å²) in [5.74, 6) is -2.27. The standard InChI is InChI=1S/C8H8O5/c9-6(10)5-1-4-2-8(5,3-13-4)7(11)12/h1,4H,2-3H2,(H,9,10)(H,11,12). The van der Waals surface area contributed by atoms with E-state index >= 15 is 0 Å². The molecule has 2 bridgehead atoms. The van der Waals surface area contributed by atoms with Gasteiger partial charge in [-0.2, -0.15) is 0 Å². The minimum atomic E-state index is -1.30. The lowest BCUT2D eigenvalue weighted by atomic mass is 9.83. The van der Waals surface area contributed by atoms with Crippen molar-refractivity contribution in [3.8, 4) is 0 Å². The normalized spacial score (nSPS) is 36.0. The Kier molecular flexibility index (Phi) is 1.47. The first-order valence-electron chi connectivity index (χ1n) is 3.87. The molecule has 5 heteroatoms. The van der Waals surface area contributed by atoms with Crippen LogP contribution in [0, 0.1) is 5.41 Å². The molecule has 1 saturated heterocycles. The minimum absolute atomic E-state index is 0.0227. The van der Waals surface area contributed by atoms with Crippen LogP contribution in [-0.4, -0.2) is 34.9 Å². The first-order valence-corrected chi connectivity index (χ1v) is 3.87. The van der Waals surface area contributed by atoms with E-state index in [0.717, 1.165) is 0 Å². The summed E-state index contributed by atoms with van der Waals surface area (Å²) in [7, 11) is 0. The maximum atomic E-state index is 10.9. The molecule has 0 aromatic rings. The van der Waals surface area contributed by atoms with Gasteiger partial charge in [-0.3, -0.25) is 4.79 Å². The molecular weight excluding hydrogens is 176 g/mol. The van der Waals surface area contributed by atoms with Crippen LogP contribution in [0.25, 0.3) is 0 Å². The van der Waals surface area contributed by atoms with E-state index < -0.39 is 17.4 Å². The van der Waals surface area contributed by atoms with Crippen molar-refractivity contribution in [3.63, 3.8) is 0 Å². The first-order chi connectivity index (χ1) is 6.06. The Morgan fingerprint density at radius 1 is 1.54 bits per heavy atom. The number of hydrogen-bond acceptors (Lipinski definition) is 3. The van der Waals surface area contributed by atoms with Gasteiger partial charge in [0, 0.05) is 0 Å². The van der Waals surface area contributed by atoms with E-state index in [9.17, 15) is 9.59 Å². The molecule has 5 nitrogen and oxygen atoms in total. The third kappa shape index (κ3) is 0.904. The Morgan fingerprint density at radius 3 is 2.62 bits per heavy atom. The van der Waals surface area contributed by atoms with Crippen molar-refractivity contribution in [3.05, 3.63) is 11.6 Å². The number of fused-ring (bicyclic) bond motifs is 2. The summed E-state index contributed by atoms with van der Waals surface area (Å²) in [6.45, 7) is -0.0227. The van der Waals surface area contributed by atoms with E-state index in [1.807, 2.05) is 0 Å². The molecule has 1 aliphatic heterocycles. The van der Waals surface area contributed by atoms with Gasteiger partial charge in [-0.25, -0.2) is 4.79 Å². The fourth-order valence-corrected chi connectivity index (χ4v) is 1.89. The fraction of sp³-hybridized carbons (Fsp3) is 0.500. The lowest BCUT2D eigenvalue weighted by Gasteiger charge is -2.20. The average Bonchev–Trinajstić information content (AvgIpc) is 2.60. The van der Waals surface area contributed by atoms with Crippen LogP contribution in [-0.2, 0) is 14.3 Å². The number of rotatable bonds is 2. The summed E-state index contributed by atoms with van der Waals surface area (Å²) < 4.78 is 5.08.